The van der Waals surface area contributed by atoms with Crippen molar-refractivity contribution in [1.29, 1.82) is 0 Å². The third-order valence-electron chi connectivity index (χ3n) is 5.60. The van der Waals surface area contributed by atoms with Gasteiger partial charge in [0, 0.05) is 30.8 Å². The second-order valence-corrected chi connectivity index (χ2v) is 7.50. The lowest BCUT2D eigenvalue weighted by atomic mass is 9.89. The van der Waals surface area contributed by atoms with Gasteiger partial charge in [0.1, 0.15) is 0 Å². The quantitative estimate of drug-likeness (QED) is 0.879. The number of fused-ring (bicyclic) bond motifs is 2. The van der Waals surface area contributed by atoms with Crippen molar-refractivity contribution in [1.82, 2.24) is 15.1 Å². The van der Waals surface area contributed by atoms with E-state index in [9.17, 15) is 4.79 Å². The van der Waals surface area contributed by atoms with Crippen LogP contribution in [-0.4, -0.2) is 27.8 Å². The molecule has 3 heterocycles. The fraction of sp³-hybridized carbons (Fsp3) is 0.500. The van der Waals surface area contributed by atoms with Crippen molar-refractivity contribution in [2.45, 2.75) is 57.2 Å². The van der Waals surface area contributed by atoms with Crippen molar-refractivity contribution in [2.75, 3.05) is 5.32 Å². The molecule has 132 valence electrons. The number of amides is 1. The Hall–Kier alpha value is -2.14. The van der Waals surface area contributed by atoms with Crippen LogP contribution in [-0.2, 0) is 4.79 Å². The SMILES string of the molecule is C[C@@H](c1ccccc1)n1ccc(NC(=O)CC2C[C@H]3CC[C@@H](C2)N3)n1. The van der Waals surface area contributed by atoms with Gasteiger partial charge >= 0.3 is 0 Å². The van der Waals surface area contributed by atoms with Crippen LogP contribution in [0.25, 0.3) is 0 Å². The molecule has 1 aromatic heterocycles. The molecule has 2 saturated heterocycles. The molecule has 2 aliphatic heterocycles. The number of nitrogens with one attached hydrogen (secondary N) is 2. The van der Waals surface area contributed by atoms with E-state index in [4.69, 9.17) is 0 Å². The number of carbonyl (C=O) groups excluding carboxylic acids is 1. The van der Waals surface area contributed by atoms with Crippen molar-refractivity contribution in [3.63, 3.8) is 0 Å². The molecule has 2 aromatic rings. The molecule has 2 N–H and O–H groups in total. The molecule has 4 rings (SSSR count). The molecular formula is C20H26N4O. The summed E-state index contributed by atoms with van der Waals surface area (Å²) in [6.45, 7) is 2.11. The Kier molecular flexibility index (Phi) is 4.57. The zero-order chi connectivity index (χ0) is 17.2. The van der Waals surface area contributed by atoms with Crippen LogP contribution in [0.4, 0.5) is 5.82 Å². The number of nitrogens with zero attached hydrogens (tertiary/aromatic N) is 2. The summed E-state index contributed by atoms with van der Waals surface area (Å²) in [6, 6.07) is 13.5. The number of hydrogen-bond donors (Lipinski definition) is 2. The number of aromatic nitrogens is 2. The maximum atomic E-state index is 12.4. The molecule has 1 aromatic carbocycles. The summed E-state index contributed by atoms with van der Waals surface area (Å²) in [5.74, 6) is 1.23. The first kappa shape index (κ1) is 16.3. The Morgan fingerprint density at radius 1 is 1.24 bits per heavy atom. The average molecular weight is 338 g/mol. The van der Waals surface area contributed by atoms with Gasteiger partial charge in [0.2, 0.25) is 5.91 Å². The van der Waals surface area contributed by atoms with Gasteiger partial charge in [-0.25, -0.2) is 0 Å². The van der Waals surface area contributed by atoms with Gasteiger partial charge in [-0.15, -0.1) is 0 Å². The smallest absolute Gasteiger partial charge is 0.225 e. The summed E-state index contributed by atoms with van der Waals surface area (Å²) in [5, 5.41) is 11.1. The molecule has 5 heteroatoms. The molecule has 25 heavy (non-hydrogen) atoms. The molecule has 0 spiro atoms. The van der Waals surface area contributed by atoms with Gasteiger partial charge in [0.15, 0.2) is 5.82 Å². The maximum absolute atomic E-state index is 12.4. The Morgan fingerprint density at radius 2 is 1.96 bits per heavy atom. The first-order valence-electron chi connectivity index (χ1n) is 9.33. The standard InChI is InChI=1S/C20H26N4O/c1-14(16-5-3-2-4-6-16)24-10-9-19(23-24)22-20(25)13-15-11-17-7-8-18(12-15)21-17/h2-6,9-10,14-15,17-18,21H,7-8,11-13H2,1H3,(H,22,23,25)/t14-,15?,17-,18+/m0/s1. The van der Waals surface area contributed by atoms with E-state index in [0.29, 0.717) is 30.2 Å². The molecule has 0 aliphatic carbocycles. The van der Waals surface area contributed by atoms with Gasteiger partial charge in [-0.2, -0.15) is 5.10 Å². The van der Waals surface area contributed by atoms with E-state index in [1.807, 2.05) is 35.1 Å². The van der Waals surface area contributed by atoms with Crippen molar-refractivity contribution >= 4 is 11.7 Å². The van der Waals surface area contributed by atoms with E-state index >= 15 is 0 Å². The largest absolute Gasteiger partial charge is 0.311 e. The highest BCUT2D eigenvalue weighted by Crippen LogP contribution is 2.32. The minimum atomic E-state index is 0.0870. The minimum absolute atomic E-state index is 0.0870. The summed E-state index contributed by atoms with van der Waals surface area (Å²) >= 11 is 0. The van der Waals surface area contributed by atoms with Crippen LogP contribution in [0, 0.1) is 5.92 Å². The van der Waals surface area contributed by atoms with Crippen LogP contribution < -0.4 is 10.6 Å². The van der Waals surface area contributed by atoms with Crippen LogP contribution in [0.1, 0.15) is 50.6 Å². The van der Waals surface area contributed by atoms with Crippen LogP contribution >= 0.6 is 0 Å². The van der Waals surface area contributed by atoms with E-state index in [1.165, 1.54) is 18.4 Å². The van der Waals surface area contributed by atoms with E-state index < -0.39 is 0 Å². The van der Waals surface area contributed by atoms with Crippen molar-refractivity contribution in [2.24, 2.45) is 5.92 Å². The average Bonchev–Trinajstić information content (AvgIpc) is 3.21. The molecule has 2 aliphatic rings. The lowest BCUT2D eigenvalue weighted by Crippen LogP contribution is -2.39. The predicted molar refractivity (Wildman–Crippen MR) is 98.4 cm³/mol. The Morgan fingerprint density at radius 3 is 2.68 bits per heavy atom. The number of rotatable bonds is 5. The lowest BCUT2D eigenvalue weighted by Gasteiger charge is -2.28. The van der Waals surface area contributed by atoms with Gasteiger partial charge in [-0.3, -0.25) is 9.48 Å². The highest BCUT2D eigenvalue weighted by Gasteiger charge is 2.34. The van der Waals surface area contributed by atoms with E-state index in [1.54, 1.807) is 0 Å². The predicted octanol–water partition coefficient (Wildman–Crippen LogP) is 3.35. The molecule has 1 unspecified atom stereocenters. The van der Waals surface area contributed by atoms with E-state index in [2.05, 4.69) is 34.8 Å². The van der Waals surface area contributed by atoms with Gasteiger partial charge < -0.3 is 10.6 Å². The molecule has 4 atom stereocenters. The zero-order valence-corrected chi connectivity index (χ0v) is 14.7. The minimum Gasteiger partial charge on any atom is -0.311 e. The third-order valence-corrected chi connectivity index (χ3v) is 5.60. The van der Waals surface area contributed by atoms with Crippen LogP contribution in [0.5, 0.6) is 0 Å². The lowest BCUT2D eigenvalue weighted by molar-refractivity contribution is -0.117. The molecule has 5 nitrogen and oxygen atoms in total. The highest BCUT2D eigenvalue weighted by atomic mass is 16.1. The summed E-state index contributed by atoms with van der Waals surface area (Å²) in [4.78, 5) is 12.4. The molecular weight excluding hydrogens is 312 g/mol. The highest BCUT2D eigenvalue weighted by molar-refractivity contribution is 5.89. The number of hydrogen-bond acceptors (Lipinski definition) is 3. The zero-order valence-electron chi connectivity index (χ0n) is 14.7. The van der Waals surface area contributed by atoms with Gasteiger partial charge in [-0.05, 0) is 44.1 Å². The first-order chi connectivity index (χ1) is 12.2. The Bertz CT molecular complexity index is 714. The number of piperidine rings is 1. The second-order valence-electron chi connectivity index (χ2n) is 7.50. The summed E-state index contributed by atoms with van der Waals surface area (Å²) in [6.07, 6.45) is 7.33. The summed E-state index contributed by atoms with van der Waals surface area (Å²) in [7, 11) is 0. The van der Waals surface area contributed by atoms with E-state index in [0.717, 1.165) is 12.8 Å². The molecule has 0 radical (unpaired) electrons. The fourth-order valence-corrected chi connectivity index (χ4v) is 4.30. The van der Waals surface area contributed by atoms with Gasteiger partial charge in [0.05, 0.1) is 6.04 Å². The van der Waals surface area contributed by atoms with Crippen molar-refractivity contribution in [3.8, 4) is 0 Å². The number of carbonyl (C=O) groups is 1. The maximum Gasteiger partial charge on any atom is 0.225 e. The first-order valence-corrected chi connectivity index (χ1v) is 9.33. The van der Waals surface area contributed by atoms with Crippen LogP contribution in [0.3, 0.4) is 0 Å². The monoisotopic (exact) mass is 338 g/mol. The number of anilines is 1. The Labute approximate surface area is 148 Å². The van der Waals surface area contributed by atoms with Crippen molar-refractivity contribution < 1.29 is 4.79 Å². The topological polar surface area (TPSA) is 59.0 Å². The Balaban J connectivity index is 1.34. The van der Waals surface area contributed by atoms with Crippen molar-refractivity contribution in [3.05, 3.63) is 48.2 Å². The summed E-state index contributed by atoms with van der Waals surface area (Å²) < 4.78 is 1.90. The van der Waals surface area contributed by atoms with Gasteiger partial charge in [-0.1, -0.05) is 30.3 Å². The third kappa shape index (κ3) is 3.76. The van der Waals surface area contributed by atoms with E-state index in [-0.39, 0.29) is 11.9 Å². The normalized spacial score (nSPS) is 26.4. The fourth-order valence-electron chi connectivity index (χ4n) is 4.30. The molecule has 0 saturated carbocycles. The summed E-state index contributed by atoms with van der Waals surface area (Å²) in [5.41, 5.74) is 1.20. The molecule has 2 bridgehead atoms. The van der Waals surface area contributed by atoms with Crippen LogP contribution in [0.15, 0.2) is 42.6 Å². The second kappa shape index (κ2) is 7.00. The molecule has 2 fully saturated rings. The van der Waals surface area contributed by atoms with Gasteiger partial charge in [0.25, 0.3) is 0 Å². The number of benzene rings is 1. The molecule has 1 amide bonds. The van der Waals surface area contributed by atoms with Crippen LogP contribution in [0.2, 0.25) is 0 Å².